The number of rotatable bonds is 8. The summed E-state index contributed by atoms with van der Waals surface area (Å²) in [5.41, 5.74) is 14.1. The van der Waals surface area contributed by atoms with Gasteiger partial charge in [0.25, 0.3) is 5.91 Å². The lowest BCUT2D eigenvalue weighted by Gasteiger charge is -2.30. The van der Waals surface area contributed by atoms with E-state index < -0.39 is 17.6 Å². The summed E-state index contributed by atoms with van der Waals surface area (Å²) in [6, 6.07) is 9.20. The number of carbonyl (C=O) groups is 1. The van der Waals surface area contributed by atoms with Gasteiger partial charge in [-0.1, -0.05) is 12.1 Å². The average Bonchev–Trinajstić information content (AvgIpc) is 2.86. The molecule has 0 aliphatic carbocycles. The average molecular weight is 507 g/mol. The van der Waals surface area contributed by atoms with E-state index in [2.05, 4.69) is 5.32 Å². The number of nitrogens with one attached hydrogen (secondary N) is 1. The minimum Gasteiger partial charge on any atom is -0.475 e. The molecular formula is C25H29F3N4O4. The highest BCUT2D eigenvalue weighted by molar-refractivity contribution is 6.04. The Bertz CT molecular complexity index is 1140. The van der Waals surface area contributed by atoms with Crippen molar-refractivity contribution in [3.05, 3.63) is 82.4 Å². The zero-order valence-corrected chi connectivity index (χ0v) is 19.8. The van der Waals surface area contributed by atoms with Gasteiger partial charge in [-0.3, -0.25) is 4.79 Å². The topological polar surface area (TPSA) is 123 Å². The van der Waals surface area contributed by atoms with Crippen LogP contribution in [-0.2, 0) is 15.7 Å². The fraction of sp³-hybridized carbons (Fsp3) is 0.320. The Kier molecular flexibility index (Phi) is 8.83. The summed E-state index contributed by atoms with van der Waals surface area (Å²) in [6.45, 7) is 3.77. The van der Waals surface area contributed by atoms with Gasteiger partial charge in [0.1, 0.15) is 6.61 Å². The number of hydrogen-bond acceptors (Lipinski definition) is 7. The molecule has 0 unspecified atom stereocenters. The molecule has 2 aromatic carbocycles. The largest absolute Gasteiger partial charge is 0.475 e. The second-order valence-electron chi connectivity index (χ2n) is 8.08. The van der Waals surface area contributed by atoms with Crippen molar-refractivity contribution in [2.24, 2.45) is 11.5 Å². The number of nitrogens with two attached hydrogens (primary N) is 2. The minimum atomic E-state index is -4.55. The van der Waals surface area contributed by atoms with Crippen LogP contribution in [0.1, 0.15) is 27.0 Å². The Morgan fingerprint density at radius 1 is 1.19 bits per heavy atom. The van der Waals surface area contributed by atoms with Crippen LogP contribution in [0.2, 0.25) is 0 Å². The molecule has 0 saturated carbocycles. The molecule has 36 heavy (non-hydrogen) atoms. The van der Waals surface area contributed by atoms with Crippen LogP contribution in [0.25, 0.3) is 5.70 Å². The third kappa shape index (κ3) is 6.92. The van der Waals surface area contributed by atoms with Crippen molar-refractivity contribution in [2.45, 2.75) is 13.1 Å². The predicted octanol–water partition coefficient (Wildman–Crippen LogP) is 3.03. The molecule has 11 heteroatoms. The van der Waals surface area contributed by atoms with E-state index in [0.717, 1.165) is 17.7 Å². The first-order chi connectivity index (χ1) is 17.1. The van der Waals surface area contributed by atoms with Crippen LogP contribution in [0, 0.1) is 6.92 Å². The number of ether oxygens (including phenoxy) is 2. The quantitative estimate of drug-likeness (QED) is 0.321. The Labute approximate surface area is 207 Å². The van der Waals surface area contributed by atoms with Crippen molar-refractivity contribution in [3.8, 4) is 0 Å². The van der Waals surface area contributed by atoms with Gasteiger partial charge in [-0.25, -0.2) is 0 Å². The van der Waals surface area contributed by atoms with E-state index in [4.69, 9.17) is 26.0 Å². The van der Waals surface area contributed by atoms with Crippen molar-refractivity contribution >= 4 is 17.3 Å². The van der Waals surface area contributed by atoms with Crippen LogP contribution in [0.4, 0.5) is 18.9 Å². The molecule has 194 valence electrons. The van der Waals surface area contributed by atoms with E-state index in [1.54, 1.807) is 24.3 Å². The number of aliphatic hydroxyl groups excluding tert-OH is 1. The molecule has 8 nitrogen and oxygen atoms in total. The molecule has 1 saturated heterocycles. The molecule has 1 fully saturated rings. The third-order valence-electron chi connectivity index (χ3n) is 5.50. The van der Waals surface area contributed by atoms with Gasteiger partial charge in [0, 0.05) is 35.6 Å². The monoisotopic (exact) mass is 506 g/mol. The Balaban J connectivity index is 1.88. The van der Waals surface area contributed by atoms with Crippen molar-refractivity contribution in [1.82, 2.24) is 4.90 Å². The summed E-state index contributed by atoms with van der Waals surface area (Å²) in [4.78, 5) is 14.6. The van der Waals surface area contributed by atoms with Crippen LogP contribution >= 0.6 is 0 Å². The van der Waals surface area contributed by atoms with E-state index >= 15 is 0 Å². The first-order valence-corrected chi connectivity index (χ1v) is 11.2. The van der Waals surface area contributed by atoms with E-state index in [-0.39, 0.29) is 24.7 Å². The number of carbonyl (C=O) groups excluding carboxylic acids is 1. The molecule has 0 aromatic heterocycles. The highest BCUT2D eigenvalue weighted by atomic mass is 19.4. The van der Waals surface area contributed by atoms with Crippen molar-refractivity contribution in [3.63, 3.8) is 0 Å². The number of hydrogen-bond donors (Lipinski definition) is 4. The summed E-state index contributed by atoms with van der Waals surface area (Å²) in [5, 5.41) is 11.7. The second kappa shape index (κ2) is 11.8. The van der Waals surface area contributed by atoms with Gasteiger partial charge in [-0.2, -0.15) is 13.2 Å². The zero-order chi connectivity index (χ0) is 26.3. The normalized spacial score (nSPS) is 15.4. The summed E-state index contributed by atoms with van der Waals surface area (Å²) in [6.07, 6.45) is -2.90. The van der Waals surface area contributed by atoms with Crippen molar-refractivity contribution < 1.29 is 32.5 Å². The van der Waals surface area contributed by atoms with Gasteiger partial charge in [-0.15, -0.1) is 0 Å². The van der Waals surface area contributed by atoms with Gasteiger partial charge in [0.2, 0.25) is 5.88 Å². The van der Waals surface area contributed by atoms with Crippen LogP contribution in [-0.4, -0.2) is 55.4 Å². The summed E-state index contributed by atoms with van der Waals surface area (Å²) >= 11 is 0. The molecule has 3 rings (SSSR count). The number of alkyl halides is 3. The number of halogens is 3. The Morgan fingerprint density at radius 3 is 2.58 bits per heavy atom. The first kappa shape index (κ1) is 26.9. The van der Waals surface area contributed by atoms with Crippen LogP contribution < -0.4 is 16.8 Å². The van der Waals surface area contributed by atoms with E-state index in [9.17, 15) is 18.0 Å². The zero-order valence-electron chi connectivity index (χ0n) is 19.8. The number of amides is 1. The van der Waals surface area contributed by atoms with E-state index in [1.165, 1.54) is 12.1 Å². The van der Waals surface area contributed by atoms with Gasteiger partial charge in [0.15, 0.2) is 0 Å². The molecular weight excluding hydrogens is 477 g/mol. The minimum absolute atomic E-state index is 0.0174. The van der Waals surface area contributed by atoms with Crippen LogP contribution in [0.5, 0.6) is 0 Å². The number of aryl methyl sites for hydroxylation is 1. The molecule has 0 spiro atoms. The number of aliphatic hydroxyl groups is 1. The molecule has 1 amide bonds. The van der Waals surface area contributed by atoms with E-state index in [0.29, 0.717) is 48.9 Å². The fourth-order valence-corrected chi connectivity index (χ4v) is 3.63. The lowest BCUT2D eigenvalue weighted by molar-refractivity contribution is -0.137. The molecule has 2 aromatic rings. The molecule has 1 aliphatic rings. The maximum Gasteiger partial charge on any atom is 0.416 e. The van der Waals surface area contributed by atoms with Crippen LogP contribution in [0.15, 0.2) is 60.1 Å². The molecule has 0 atom stereocenters. The number of nitrogens with zero attached hydrogens (tertiary/aromatic N) is 1. The SMILES string of the molecule is Cc1ccc(NC(=O)c2cccc(C(F)(F)F)c2)cc1/C(N)=C/C(=C(\N)OCCO)N1CCOCC1. The Morgan fingerprint density at radius 2 is 1.92 bits per heavy atom. The second-order valence-corrected chi connectivity index (χ2v) is 8.08. The van der Waals surface area contributed by atoms with Gasteiger partial charge < -0.3 is 36.3 Å². The van der Waals surface area contributed by atoms with Crippen LogP contribution in [0.3, 0.4) is 0 Å². The van der Waals surface area contributed by atoms with Gasteiger partial charge in [-0.05, 0) is 48.9 Å². The third-order valence-corrected chi connectivity index (χ3v) is 5.50. The summed E-state index contributed by atoms with van der Waals surface area (Å²) in [7, 11) is 0. The first-order valence-electron chi connectivity index (χ1n) is 11.2. The molecule has 0 bridgehead atoms. The molecule has 6 N–H and O–H groups in total. The summed E-state index contributed by atoms with van der Waals surface area (Å²) in [5.74, 6) is -0.588. The summed E-state index contributed by atoms with van der Waals surface area (Å²) < 4.78 is 49.9. The number of morpholine rings is 1. The van der Waals surface area contributed by atoms with Crippen molar-refractivity contribution in [1.29, 1.82) is 0 Å². The number of anilines is 1. The Hall–Kier alpha value is -3.70. The standard InChI is InChI=1S/C25H29F3N4O4/c1-16-5-6-19(31-24(34)17-3-2-4-18(13-17)25(26,27)28)14-20(16)21(29)15-22(23(30)36-12-9-33)32-7-10-35-11-8-32/h2-6,13-15,33H,7-12,29-30H2,1H3,(H,31,34)/b21-15-,23-22-. The molecule has 1 aliphatic heterocycles. The lowest BCUT2D eigenvalue weighted by atomic mass is 10.0. The van der Waals surface area contributed by atoms with Crippen molar-refractivity contribution in [2.75, 3.05) is 44.8 Å². The lowest BCUT2D eigenvalue weighted by Crippen LogP contribution is -2.37. The molecule has 0 radical (unpaired) electrons. The fourth-order valence-electron chi connectivity index (χ4n) is 3.63. The van der Waals surface area contributed by atoms with Gasteiger partial charge in [0.05, 0.1) is 31.1 Å². The highest BCUT2D eigenvalue weighted by Crippen LogP contribution is 2.30. The van der Waals surface area contributed by atoms with Gasteiger partial charge >= 0.3 is 6.18 Å². The molecule has 1 heterocycles. The maximum atomic E-state index is 13.0. The number of allylic oxidation sites excluding steroid dienone is 1. The predicted molar refractivity (Wildman–Crippen MR) is 129 cm³/mol. The number of benzene rings is 2. The van der Waals surface area contributed by atoms with E-state index in [1.807, 2.05) is 11.8 Å². The maximum absolute atomic E-state index is 13.0. The smallest absolute Gasteiger partial charge is 0.416 e. The highest BCUT2D eigenvalue weighted by Gasteiger charge is 2.31.